The Morgan fingerprint density at radius 1 is 1.11 bits per heavy atom. The van der Waals surface area contributed by atoms with Crippen molar-refractivity contribution < 1.29 is 13.2 Å². The molecule has 0 aliphatic rings. The molecule has 1 N–H and O–H groups in total. The quantitative estimate of drug-likeness (QED) is 0.619. The minimum absolute atomic E-state index is 0.109. The highest BCUT2D eigenvalue weighted by Gasteiger charge is 2.10. The van der Waals surface area contributed by atoms with Gasteiger partial charge in [-0.25, -0.2) is 23.1 Å². The van der Waals surface area contributed by atoms with Gasteiger partial charge in [-0.05, 0) is 50.6 Å². The van der Waals surface area contributed by atoms with E-state index < -0.39 is 10.0 Å². The SMILES string of the molecule is CCCCS(=O)(=O)Nc1ccc(Oc2cc(-n3nc(C)cc3C)ncn2)cc1. The second-order valence-electron chi connectivity index (χ2n) is 6.45. The maximum atomic E-state index is 12.0. The van der Waals surface area contributed by atoms with Gasteiger partial charge in [0.05, 0.1) is 11.4 Å². The lowest BCUT2D eigenvalue weighted by atomic mass is 10.3. The van der Waals surface area contributed by atoms with Crippen molar-refractivity contribution in [2.75, 3.05) is 10.5 Å². The summed E-state index contributed by atoms with van der Waals surface area (Å²) < 4.78 is 34.0. The molecule has 3 rings (SSSR count). The Balaban J connectivity index is 1.71. The molecule has 0 amide bonds. The number of nitrogens with one attached hydrogen (secondary N) is 1. The number of anilines is 1. The first kappa shape index (κ1) is 19.8. The second-order valence-corrected chi connectivity index (χ2v) is 8.30. The fraction of sp³-hybridized carbons (Fsp3) is 0.316. The lowest BCUT2D eigenvalue weighted by Gasteiger charge is -2.09. The molecule has 2 heterocycles. The molecule has 0 atom stereocenters. The van der Waals surface area contributed by atoms with Crippen molar-refractivity contribution in [2.24, 2.45) is 0 Å². The van der Waals surface area contributed by atoms with Gasteiger partial charge in [0.1, 0.15) is 12.1 Å². The van der Waals surface area contributed by atoms with Gasteiger partial charge in [0.25, 0.3) is 0 Å². The normalized spacial score (nSPS) is 11.4. The predicted octanol–water partition coefficient (Wildman–Crippen LogP) is 3.61. The summed E-state index contributed by atoms with van der Waals surface area (Å²) in [5, 5.41) is 4.40. The number of hydrogen-bond acceptors (Lipinski definition) is 6. The first-order valence-corrected chi connectivity index (χ1v) is 10.7. The summed E-state index contributed by atoms with van der Waals surface area (Å²) in [6.45, 7) is 5.82. The van der Waals surface area contributed by atoms with Crippen LogP contribution in [0.5, 0.6) is 11.6 Å². The van der Waals surface area contributed by atoms with Crippen LogP contribution >= 0.6 is 0 Å². The van der Waals surface area contributed by atoms with Gasteiger partial charge in [-0.2, -0.15) is 5.10 Å². The number of benzene rings is 1. The molecule has 0 radical (unpaired) electrons. The van der Waals surface area contributed by atoms with Crippen LogP contribution < -0.4 is 9.46 Å². The van der Waals surface area contributed by atoms with E-state index in [2.05, 4.69) is 19.8 Å². The minimum Gasteiger partial charge on any atom is -0.439 e. The van der Waals surface area contributed by atoms with Crippen molar-refractivity contribution in [1.29, 1.82) is 0 Å². The number of unbranched alkanes of at least 4 members (excludes halogenated alkanes) is 1. The smallest absolute Gasteiger partial charge is 0.232 e. The van der Waals surface area contributed by atoms with Crippen LogP contribution in [0.2, 0.25) is 0 Å². The Bertz CT molecular complexity index is 1050. The van der Waals surface area contributed by atoms with E-state index in [1.807, 2.05) is 26.8 Å². The molecule has 3 aromatic rings. The molecule has 0 spiro atoms. The maximum Gasteiger partial charge on any atom is 0.232 e. The zero-order valence-corrected chi connectivity index (χ0v) is 16.9. The third kappa shape index (κ3) is 5.07. The van der Waals surface area contributed by atoms with E-state index in [0.29, 0.717) is 29.6 Å². The van der Waals surface area contributed by atoms with Gasteiger partial charge in [-0.3, -0.25) is 4.72 Å². The molecule has 148 valence electrons. The number of nitrogens with zero attached hydrogens (tertiary/aromatic N) is 4. The van der Waals surface area contributed by atoms with Gasteiger partial charge in [0, 0.05) is 17.4 Å². The van der Waals surface area contributed by atoms with Gasteiger partial charge in [-0.15, -0.1) is 0 Å². The van der Waals surface area contributed by atoms with Gasteiger partial charge < -0.3 is 4.74 Å². The Hall–Kier alpha value is -2.94. The van der Waals surface area contributed by atoms with Crippen molar-refractivity contribution in [3.63, 3.8) is 0 Å². The number of hydrogen-bond donors (Lipinski definition) is 1. The van der Waals surface area contributed by atoms with E-state index in [1.165, 1.54) is 6.33 Å². The van der Waals surface area contributed by atoms with Crippen LogP contribution in [-0.4, -0.2) is 33.9 Å². The molecule has 28 heavy (non-hydrogen) atoms. The number of aromatic nitrogens is 4. The first-order chi connectivity index (χ1) is 13.4. The predicted molar refractivity (Wildman–Crippen MR) is 107 cm³/mol. The van der Waals surface area contributed by atoms with Crippen molar-refractivity contribution in [3.8, 4) is 17.4 Å². The first-order valence-electron chi connectivity index (χ1n) is 9.00. The largest absolute Gasteiger partial charge is 0.439 e. The van der Waals surface area contributed by atoms with Gasteiger partial charge >= 0.3 is 0 Å². The lowest BCUT2D eigenvalue weighted by Crippen LogP contribution is -2.16. The third-order valence-electron chi connectivity index (χ3n) is 3.97. The summed E-state index contributed by atoms with van der Waals surface area (Å²) in [6, 6.07) is 10.3. The average Bonchev–Trinajstić information content (AvgIpc) is 3.00. The second kappa shape index (κ2) is 8.39. The van der Waals surface area contributed by atoms with E-state index in [-0.39, 0.29) is 5.75 Å². The average molecular weight is 401 g/mol. The van der Waals surface area contributed by atoms with Crippen molar-refractivity contribution >= 4 is 15.7 Å². The Morgan fingerprint density at radius 2 is 1.86 bits per heavy atom. The van der Waals surface area contributed by atoms with Crippen molar-refractivity contribution in [1.82, 2.24) is 19.7 Å². The maximum absolute atomic E-state index is 12.0. The molecule has 0 bridgehead atoms. The summed E-state index contributed by atoms with van der Waals surface area (Å²) in [7, 11) is -3.33. The van der Waals surface area contributed by atoms with Gasteiger partial charge in [0.2, 0.25) is 15.9 Å². The molecule has 0 saturated carbocycles. The van der Waals surface area contributed by atoms with E-state index in [4.69, 9.17) is 4.74 Å². The lowest BCUT2D eigenvalue weighted by molar-refractivity contribution is 0.460. The molecule has 9 heteroatoms. The van der Waals surface area contributed by atoms with Crippen molar-refractivity contribution in [2.45, 2.75) is 33.6 Å². The Kier molecular flexibility index (Phi) is 5.93. The summed E-state index contributed by atoms with van der Waals surface area (Å²) >= 11 is 0. The van der Waals surface area contributed by atoms with E-state index in [0.717, 1.165) is 17.8 Å². The standard InChI is InChI=1S/C19H23N5O3S/c1-4-5-10-28(25,26)23-16-6-8-17(9-7-16)27-19-12-18(20-13-21-19)24-15(3)11-14(2)22-24/h6-9,11-13,23H,4-5,10H2,1-3H3. The van der Waals surface area contributed by atoms with Crippen LogP contribution in [0.4, 0.5) is 5.69 Å². The van der Waals surface area contributed by atoms with Gasteiger partial charge in [0.15, 0.2) is 5.82 Å². The minimum atomic E-state index is -3.33. The molecule has 0 fully saturated rings. The molecule has 0 unspecified atom stereocenters. The Morgan fingerprint density at radius 3 is 2.50 bits per heavy atom. The number of rotatable bonds is 8. The molecular formula is C19H23N5O3S. The van der Waals surface area contributed by atoms with Crippen molar-refractivity contribution in [3.05, 3.63) is 54.1 Å². The topological polar surface area (TPSA) is 99.0 Å². The van der Waals surface area contributed by atoms with E-state index >= 15 is 0 Å². The molecule has 0 aliphatic carbocycles. The fourth-order valence-corrected chi connectivity index (χ4v) is 3.91. The molecule has 8 nitrogen and oxygen atoms in total. The molecule has 2 aromatic heterocycles. The summed E-state index contributed by atoms with van der Waals surface area (Å²) in [5.74, 6) is 1.62. The third-order valence-corrected chi connectivity index (χ3v) is 5.34. The molecule has 1 aromatic carbocycles. The van der Waals surface area contributed by atoms with Crippen LogP contribution in [-0.2, 0) is 10.0 Å². The zero-order valence-electron chi connectivity index (χ0n) is 16.1. The van der Waals surface area contributed by atoms with Crippen LogP contribution in [0.1, 0.15) is 31.2 Å². The van der Waals surface area contributed by atoms with Gasteiger partial charge in [-0.1, -0.05) is 13.3 Å². The highest BCUT2D eigenvalue weighted by molar-refractivity contribution is 7.92. The zero-order chi connectivity index (χ0) is 20.1. The number of sulfonamides is 1. The highest BCUT2D eigenvalue weighted by atomic mass is 32.2. The fourth-order valence-electron chi connectivity index (χ4n) is 2.64. The highest BCUT2D eigenvalue weighted by Crippen LogP contribution is 2.23. The van der Waals surface area contributed by atoms with Crippen LogP contribution in [0.25, 0.3) is 5.82 Å². The summed E-state index contributed by atoms with van der Waals surface area (Å²) in [5.41, 5.74) is 2.35. The van der Waals surface area contributed by atoms with Crippen LogP contribution in [0, 0.1) is 13.8 Å². The summed E-state index contributed by atoms with van der Waals surface area (Å²) in [6.07, 6.45) is 2.87. The number of aryl methyl sites for hydroxylation is 2. The molecular weight excluding hydrogens is 378 g/mol. The molecule has 0 aliphatic heterocycles. The van der Waals surface area contributed by atoms with Crippen LogP contribution in [0.3, 0.4) is 0 Å². The summed E-state index contributed by atoms with van der Waals surface area (Å²) in [4.78, 5) is 8.36. The van der Waals surface area contributed by atoms with Crippen LogP contribution in [0.15, 0.2) is 42.7 Å². The number of ether oxygens (including phenoxy) is 1. The Labute approximate surface area is 164 Å². The van der Waals surface area contributed by atoms with E-state index in [1.54, 1.807) is 35.0 Å². The molecule has 0 saturated heterocycles. The van der Waals surface area contributed by atoms with E-state index in [9.17, 15) is 8.42 Å². The monoisotopic (exact) mass is 401 g/mol.